The standard InChI is InChI=1S/C17H15N3O2/c1-12-19-16(20-22-12)11-18-17(21)15-10-6-5-9-14(15)13-7-3-2-4-8-13/h2-10H,11H2,1H3,(H,18,21). The van der Waals surface area contributed by atoms with Gasteiger partial charge < -0.3 is 9.84 Å². The van der Waals surface area contributed by atoms with Crippen molar-refractivity contribution >= 4 is 5.91 Å². The Labute approximate surface area is 128 Å². The zero-order valence-electron chi connectivity index (χ0n) is 12.1. The van der Waals surface area contributed by atoms with Gasteiger partial charge in [0.15, 0.2) is 5.82 Å². The van der Waals surface area contributed by atoms with E-state index < -0.39 is 0 Å². The molecule has 0 fully saturated rings. The first kappa shape index (κ1) is 14.0. The second-order valence-electron chi connectivity index (χ2n) is 4.82. The number of hydrogen-bond donors (Lipinski definition) is 1. The molecule has 1 N–H and O–H groups in total. The summed E-state index contributed by atoms with van der Waals surface area (Å²) in [5.41, 5.74) is 2.52. The zero-order valence-corrected chi connectivity index (χ0v) is 12.1. The van der Waals surface area contributed by atoms with Gasteiger partial charge in [-0.3, -0.25) is 4.79 Å². The molecule has 0 bridgehead atoms. The van der Waals surface area contributed by atoms with Gasteiger partial charge in [-0.15, -0.1) is 0 Å². The van der Waals surface area contributed by atoms with Gasteiger partial charge >= 0.3 is 0 Å². The van der Waals surface area contributed by atoms with Crippen molar-refractivity contribution < 1.29 is 9.32 Å². The van der Waals surface area contributed by atoms with Crippen molar-refractivity contribution in [2.45, 2.75) is 13.5 Å². The number of aryl methyl sites for hydroxylation is 1. The lowest BCUT2D eigenvalue weighted by atomic mass is 9.99. The number of rotatable bonds is 4. The highest BCUT2D eigenvalue weighted by molar-refractivity contribution is 6.00. The van der Waals surface area contributed by atoms with E-state index in [4.69, 9.17) is 4.52 Å². The summed E-state index contributed by atoms with van der Waals surface area (Å²) in [5.74, 6) is 0.777. The SMILES string of the molecule is Cc1nc(CNC(=O)c2ccccc2-c2ccccc2)no1. The van der Waals surface area contributed by atoms with Crippen LogP contribution in [0.2, 0.25) is 0 Å². The normalized spacial score (nSPS) is 10.4. The van der Waals surface area contributed by atoms with Crippen molar-refractivity contribution in [2.24, 2.45) is 0 Å². The molecule has 1 heterocycles. The van der Waals surface area contributed by atoms with Gasteiger partial charge in [0.05, 0.1) is 6.54 Å². The van der Waals surface area contributed by atoms with E-state index in [-0.39, 0.29) is 12.5 Å². The predicted octanol–water partition coefficient (Wildman–Crippen LogP) is 2.98. The molecule has 2 aromatic carbocycles. The highest BCUT2D eigenvalue weighted by Gasteiger charge is 2.13. The molecule has 3 rings (SSSR count). The topological polar surface area (TPSA) is 68.0 Å². The van der Waals surface area contributed by atoms with E-state index >= 15 is 0 Å². The quantitative estimate of drug-likeness (QED) is 0.803. The van der Waals surface area contributed by atoms with Gasteiger partial charge in [0.2, 0.25) is 5.89 Å². The minimum atomic E-state index is -0.165. The molecule has 0 aliphatic heterocycles. The van der Waals surface area contributed by atoms with Crippen molar-refractivity contribution in [3.63, 3.8) is 0 Å². The lowest BCUT2D eigenvalue weighted by Crippen LogP contribution is -2.24. The lowest BCUT2D eigenvalue weighted by molar-refractivity contribution is 0.0950. The molecule has 0 atom stereocenters. The van der Waals surface area contributed by atoms with Gasteiger partial charge in [0.25, 0.3) is 5.91 Å². The fraction of sp³-hybridized carbons (Fsp3) is 0.118. The van der Waals surface area contributed by atoms with E-state index in [1.807, 2.05) is 48.5 Å². The lowest BCUT2D eigenvalue weighted by Gasteiger charge is -2.09. The third kappa shape index (κ3) is 3.03. The summed E-state index contributed by atoms with van der Waals surface area (Å²) in [6, 6.07) is 17.3. The van der Waals surface area contributed by atoms with Crippen molar-refractivity contribution in [1.29, 1.82) is 0 Å². The Bertz CT molecular complexity index is 781. The van der Waals surface area contributed by atoms with Crippen LogP contribution in [0, 0.1) is 6.92 Å². The monoisotopic (exact) mass is 293 g/mol. The van der Waals surface area contributed by atoms with Crippen LogP contribution >= 0.6 is 0 Å². The molecule has 5 heteroatoms. The summed E-state index contributed by atoms with van der Waals surface area (Å²) < 4.78 is 4.88. The average Bonchev–Trinajstić information content (AvgIpc) is 2.99. The van der Waals surface area contributed by atoms with E-state index in [1.165, 1.54) is 0 Å². The molecule has 0 spiro atoms. The van der Waals surface area contributed by atoms with Crippen LogP contribution in [0.25, 0.3) is 11.1 Å². The Morgan fingerprint density at radius 2 is 1.82 bits per heavy atom. The first-order valence-corrected chi connectivity index (χ1v) is 6.96. The number of nitrogens with zero attached hydrogens (tertiary/aromatic N) is 2. The number of aromatic nitrogens is 2. The Morgan fingerprint density at radius 1 is 1.09 bits per heavy atom. The second-order valence-corrected chi connectivity index (χ2v) is 4.82. The molecular weight excluding hydrogens is 278 g/mol. The molecule has 0 radical (unpaired) electrons. The van der Waals surface area contributed by atoms with Gasteiger partial charge in [-0.1, -0.05) is 53.7 Å². The van der Waals surface area contributed by atoms with Crippen molar-refractivity contribution in [3.05, 3.63) is 71.9 Å². The number of nitrogens with one attached hydrogen (secondary N) is 1. The summed E-state index contributed by atoms with van der Waals surface area (Å²) in [7, 11) is 0. The first-order chi connectivity index (χ1) is 10.7. The highest BCUT2D eigenvalue weighted by atomic mass is 16.5. The highest BCUT2D eigenvalue weighted by Crippen LogP contribution is 2.23. The van der Waals surface area contributed by atoms with Crippen LogP contribution in [0.3, 0.4) is 0 Å². The smallest absolute Gasteiger partial charge is 0.252 e. The minimum absolute atomic E-state index is 0.165. The summed E-state index contributed by atoms with van der Waals surface area (Å²) in [6.45, 7) is 1.95. The number of carbonyl (C=O) groups is 1. The summed E-state index contributed by atoms with van der Waals surface area (Å²) >= 11 is 0. The predicted molar refractivity (Wildman–Crippen MR) is 82.1 cm³/mol. The first-order valence-electron chi connectivity index (χ1n) is 6.96. The van der Waals surface area contributed by atoms with Crippen molar-refractivity contribution in [2.75, 3.05) is 0 Å². The maximum atomic E-state index is 12.4. The Balaban J connectivity index is 1.81. The van der Waals surface area contributed by atoms with Gasteiger partial charge in [-0.25, -0.2) is 0 Å². The van der Waals surface area contributed by atoms with E-state index in [2.05, 4.69) is 15.5 Å². The minimum Gasteiger partial charge on any atom is -0.345 e. The van der Waals surface area contributed by atoms with Crippen molar-refractivity contribution in [1.82, 2.24) is 15.5 Å². The molecule has 0 aliphatic carbocycles. The third-order valence-corrected chi connectivity index (χ3v) is 3.23. The van der Waals surface area contributed by atoms with E-state index in [9.17, 15) is 4.79 Å². The molecule has 1 amide bonds. The van der Waals surface area contributed by atoms with Crippen LogP contribution in [0.1, 0.15) is 22.1 Å². The van der Waals surface area contributed by atoms with Gasteiger partial charge in [0, 0.05) is 12.5 Å². The number of benzene rings is 2. The third-order valence-electron chi connectivity index (χ3n) is 3.23. The van der Waals surface area contributed by atoms with Crippen LogP contribution in [-0.4, -0.2) is 16.0 Å². The molecule has 110 valence electrons. The van der Waals surface area contributed by atoms with E-state index in [0.29, 0.717) is 17.3 Å². The van der Waals surface area contributed by atoms with E-state index in [1.54, 1.807) is 13.0 Å². The van der Waals surface area contributed by atoms with Crippen LogP contribution < -0.4 is 5.32 Å². The van der Waals surface area contributed by atoms with Crippen LogP contribution in [0.5, 0.6) is 0 Å². The maximum absolute atomic E-state index is 12.4. The van der Waals surface area contributed by atoms with Crippen LogP contribution in [0.15, 0.2) is 59.1 Å². The van der Waals surface area contributed by atoms with Crippen LogP contribution in [0.4, 0.5) is 0 Å². The summed E-state index contributed by atoms with van der Waals surface area (Å²) in [4.78, 5) is 16.5. The molecule has 22 heavy (non-hydrogen) atoms. The number of hydrogen-bond acceptors (Lipinski definition) is 4. The van der Waals surface area contributed by atoms with Gasteiger partial charge in [-0.05, 0) is 17.2 Å². The maximum Gasteiger partial charge on any atom is 0.252 e. The Morgan fingerprint density at radius 3 is 2.55 bits per heavy atom. The Hall–Kier alpha value is -2.95. The molecule has 0 aliphatic rings. The Kier molecular flexibility index (Phi) is 3.96. The number of carbonyl (C=O) groups excluding carboxylic acids is 1. The molecule has 1 aromatic heterocycles. The second kappa shape index (κ2) is 6.22. The fourth-order valence-corrected chi connectivity index (χ4v) is 2.22. The largest absolute Gasteiger partial charge is 0.345 e. The summed E-state index contributed by atoms with van der Waals surface area (Å²) in [5, 5.41) is 6.58. The fourth-order valence-electron chi connectivity index (χ4n) is 2.22. The molecule has 3 aromatic rings. The molecule has 0 saturated heterocycles. The molecule has 0 unspecified atom stereocenters. The molecule has 0 saturated carbocycles. The molecular formula is C17H15N3O2. The van der Waals surface area contributed by atoms with Crippen LogP contribution in [-0.2, 0) is 6.54 Å². The summed E-state index contributed by atoms with van der Waals surface area (Å²) in [6.07, 6.45) is 0. The molecule has 5 nitrogen and oxygen atoms in total. The average molecular weight is 293 g/mol. The number of amides is 1. The van der Waals surface area contributed by atoms with Gasteiger partial charge in [-0.2, -0.15) is 4.98 Å². The zero-order chi connectivity index (χ0) is 15.4. The van der Waals surface area contributed by atoms with Gasteiger partial charge in [0.1, 0.15) is 0 Å². The van der Waals surface area contributed by atoms with E-state index in [0.717, 1.165) is 11.1 Å². The van der Waals surface area contributed by atoms with Crippen molar-refractivity contribution in [3.8, 4) is 11.1 Å².